The van der Waals surface area contributed by atoms with Crippen molar-refractivity contribution in [3.63, 3.8) is 0 Å². The molecule has 0 radical (unpaired) electrons. The summed E-state index contributed by atoms with van der Waals surface area (Å²) in [6.45, 7) is 13.8. The van der Waals surface area contributed by atoms with E-state index in [4.69, 9.17) is 4.42 Å². The zero-order chi connectivity index (χ0) is 23.0. The Bertz CT molecular complexity index is 834. The van der Waals surface area contributed by atoms with Gasteiger partial charge in [-0.15, -0.1) is 0 Å². The highest BCUT2D eigenvalue weighted by Crippen LogP contribution is 2.20. The van der Waals surface area contributed by atoms with Crippen LogP contribution in [0.15, 0.2) is 46.9 Å². The first-order valence-corrected chi connectivity index (χ1v) is 11.2. The fourth-order valence-electron chi connectivity index (χ4n) is 3.48. The number of nitrogens with zero attached hydrogens (tertiary/aromatic N) is 2. The average molecular weight is 427 g/mol. The van der Waals surface area contributed by atoms with Gasteiger partial charge < -0.3 is 14.2 Å². The van der Waals surface area contributed by atoms with Gasteiger partial charge in [0.1, 0.15) is 11.5 Å². The molecule has 1 aromatic carbocycles. The molecule has 0 bridgehead atoms. The van der Waals surface area contributed by atoms with Gasteiger partial charge in [-0.1, -0.05) is 65.0 Å². The number of benzene rings is 1. The van der Waals surface area contributed by atoms with Crippen molar-refractivity contribution in [2.75, 3.05) is 19.6 Å². The summed E-state index contributed by atoms with van der Waals surface area (Å²) >= 11 is 0. The van der Waals surface area contributed by atoms with Gasteiger partial charge in [-0.05, 0) is 42.4 Å². The molecule has 2 aromatic rings. The topological polar surface area (TPSA) is 53.8 Å². The third-order valence-corrected chi connectivity index (χ3v) is 4.95. The van der Waals surface area contributed by atoms with Crippen molar-refractivity contribution in [3.8, 4) is 0 Å². The van der Waals surface area contributed by atoms with Crippen molar-refractivity contribution in [1.82, 2.24) is 9.80 Å². The fourth-order valence-corrected chi connectivity index (χ4v) is 3.48. The van der Waals surface area contributed by atoms with Crippen molar-refractivity contribution < 1.29 is 14.0 Å². The monoisotopic (exact) mass is 426 g/mol. The SMILES string of the molecule is Cc1ccc(CN(CCc2ccccc2)C(=O)CN(CC(C)C)C(=O)CC(C)(C)C)o1. The number of hydrogen-bond acceptors (Lipinski definition) is 3. The number of rotatable bonds is 10. The van der Waals surface area contributed by atoms with Crippen LogP contribution in [0.1, 0.15) is 58.1 Å². The second-order valence-corrected chi connectivity index (χ2v) is 9.97. The van der Waals surface area contributed by atoms with Gasteiger partial charge in [0.25, 0.3) is 0 Å². The van der Waals surface area contributed by atoms with Gasteiger partial charge >= 0.3 is 0 Å². The lowest BCUT2D eigenvalue weighted by Crippen LogP contribution is -2.45. The normalized spacial score (nSPS) is 11.6. The van der Waals surface area contributed by atoms with E-state index in [1.807, 2.05) is 62.9 Å². The number of carbonyl (C=O) groups is 2. The van der Waals surface area contributed by atoms with Gasteiger partial charge in [0.05, 0.1) is 13.1 Å². The first-order valence-electron chi connectivity index (χ1n) is 11.2. The predicted molar refractivity (Wildman–Crippen MR) is 124 cm³/mol. The van der Waals surface area contributed by atoms with Crippen molar-refractivity contribution >= 4 is 11.8 Å². The molecule has 0 aliphatic carbocycles. The van der Waals surface area contributed by atoms with Crippen LogP contribution in [-0.4, -0.2) is 41.2 Å². The van der Waals surface area contributed by atoms with Crippen LogP contribution in [0.4, 0.5) is 0 Å². The Morgan fingerprint density at radius 3 is 2.19 bits per heavy atom. The molecule has 0 fully saturated rings. The Morgan fingerprint density at radius 2 is 1.65 bits per heavy atom. The second kappa shape index (κ2) is 11.2. The van der Waals surface area contributed by atoms with E-state index in [0.717, 1.165) is 17.9 Å². The van der Waals surface area contributed by atoms with Crippen LogP contribution < -0.4 is 0 Å². The summed E-state index contributed by atoms with van der Waals surface area (Å²) in [6, 6.07) is 14.0. The van der Waals surface area contributed by atoms with Crippen molar-refractivity contribution in [2.45, 2.75) is 60.9 Å². The molecule has 0 atom stereocenters. The highest BCUT2D eigenvalue weighted by molar-refractivity contribution is 5.85. The summed E-state index contributed by atoms with van der Waals surface area (Å²) in [6.07, 6.45) is 1.18. The molecule has 5 heteroatoms. The lowest BCUT2D eigenvalue weighted by atomic mass is 9.91. The number of aryl methyl sites for hydroxylation is 1. The molecule has 0 N–H and O–H groups in total. The molecule has 2 amide bonds. The Hall–Kier alpha value is -2.56. The highest BCUT2D eigenvalue weighted by atomic mass is 16.3. The smallest absolute Gasteiger partial charge is 0.242 e. The largest absolute Gasteiger partial charge is 0.464 e. The van der Waals surface area contributed by atoms with E-state index in [1.165, 1.54) is 5.56 Å². The quantitative estimate of drug-likeness (QED) is 0.532. The summed E-state index contributed by atoms with van der Waals surface area (Å²) < 4.78 is 5.72. The predicted octanol–water partition coefficient (Wildman–Crippen LogP) is 5.08. The molecule has 0 saturated carbocycles. The molecule has 0 unspecified atom stereocenters. The zero-order valence-corrected chi connectivity index (χ0v) is 20.0. The summed E-state index contributed by atoms with van der Waals surface area (Å²) in [4.78, 5) is 29.8. The average Bonchev–Trinajstić information content (AvgIpc) is 3.08. The van der Waals surface area contributed by atoms with Gasteiger partial charge in [0, 0.05) is 19.5 Å². The summed E-state index contributed by atoms with van der Waals surface area (Å²) in [5.41, 5.74) is 1.06. The molecule has 5 nitrogen and oxygen atoms in total. The summed E-state index contributed by atoms with van der Waals surface area (Å²) in [5, 5.41) is 0. The van der Waals surface area contributed by atoms with E-state index in [2.05, 4.69) is 26.0 Å². The number of amides is 2. The molecule has 1 heterocycles. The van der Waals surface area contributed by atoms with Gasteiger partial charge in [0.15, 0.2) is 0 Å². The van der Waals surface area contributed by atoms with E-state index in [-0.39, 0.29) is 23.8 Å². The van der Waals surface area contributed by atoms with Crippen LogP contribution in [-0.2, 0) is 22.6 Å². The maximum atomic E-state index is 13.3. The Kier molecular flexibility index (Phi) is 8.90. The van der Waals surface area contributed by atoms with Crippen molar-refractivity contribution in [3.05, 3.63) is 59.5 Å². The van der Waals surface area contributed by atoms with Crippen LogP contribution in [0.25, 0.3) is 0 Å². The van der Waals surface area contributed by atoms with Crippen molar-refractivity contribution in [2.24, 2.45) is 11.3 Å². The number of hydrogen-bond donors (Lipinski definition) is 0. The first-order chi connectivity index (χ1) is 14.5. The number of furan rings is 1. The van der Waals surface area contributed by atoms with E-state index >= 15 is 0 Å². The van der Waals surface area contributed by atoms with Crippen LogP contribution in [0.5, 0.6) is 0 Å². The van der Waals surface area contributed by atoms with E-state index in [0.29, 0.717) is 32.0 Å². The molecule has 31 heavy (non-hydrogen) atoms. The van der Waals surface area contributed by atoms with Gasteiger partial charge in [-0.2, -0.15) is 0 Å². The third kappa shape index (κ3) is 8.99. The maximum absolute atomic E-state index is 13.3. The standard InChI is InChI=1S/C26H38N2O3/c1-20(2)17-28(24(29)16-26(4,5)6)19-25(30)27(18-23-13-12-21(3)31-23)15-14-22-10-8-7-9-11-22/h7-13,20H,14-19H2,1-6H3. The molecule has 170 valence electrons. The minimum absolute atomic E-state index is 0.0337. The zero-order valence-electron chi connectivity index (χ0n) is 20.0. The van der Waals surface area contributed by atoms with Crippen LogP contribution >= 0.6 is 0 Å². The maximum Gasteiger partial charge on any atom is 0.242 e. The van der Waals surface area contributed by atoms with E-state index < -0.39 is 0 Å². The number of carbonyl (C=O) groups excluding carboxylic acids is 2. The molecule has 0 spiro atoms. The lowest BCUT2D eigenvalue weighted by Gasteiger charge is -2.30. The minimum Gasteiger partial charge on any atom is -0.464 e. The summed E-state index contributed by atoms with van der Waals surface area (Å²) in [5.74, 6) is 1.86. The molecular weight excluding hydrogens is 388 g/mol. The summed E-state index contributed by atoms with van der Waals surface area (Å²) in [7, 11) is 0. The van der Waals surface area contributed by atoms with Gasteiger partial charge in [0.2, 0.25) is 11.8 Å². The van der Waals surface area contributed by atoms with E-state index in [1.54, 1.807) is 4.90 Å². The van der Waals surface area contributed by atoms with Crippen LogP contribution in [0, 0.1) is 18.3 Å². The molecule has 0 saturated heterocycles. The molecular formula is C26H38N2O3. The van der Waals surface area contributed by atoms with Crippen LogP contribution in [0.2, 0.25) is 0 Å². The minimum atomic E-state index is -0.117. The Balaban J connectivity index is 2.14. The molecule has 0 aliphatic rings. The second-order valence-electron chi connectivity index (χ2n) is 9.97. The lowest BCUT2D eigenvalue weighted by molar-refractivity contribution is -0.142. The third-order valence-electron chi connectivity index (χ3n) is 4.95. The van der Waals surface area contributed by atoms with Gasteiger partial charge in [-0.25, -0.2) is 0 Å². The van der Waals surface area contributed by atoms with E-state index in [9.17, 15) is 9.59 Å². The van der Waals surface area contributed by atoms with Crippen LogP contribution in [0.3, 0.4) is 0 Å². The highest BCUT2D eigenvalue weighted by Gasteiger charge is 2.26. The molecule has 2 rings (SSSR count). The fraction of sp³-hybridized carbons (Fsp3) is 0.538. The van der Waals surface area contributed by atoms with Gasteiger partial charge in [-0.3, -0.25) is 9.59 Å². The Morgan fingerprint density at radius 1 is 0.968 bits per heavy atom. The molecule has 1 aromatic heterocycles. The van der Waals surface area contributed by atoms with Crippen molar-refractivity contribution in [1.29, 1.82) is 0 Å². The Labute approximate surface area is 187 Å². The molecule has 0 aliphatic heterocycles. The first kappa shape index (κ1) is 24.7.